The van der Waals surface area contributed by atoms with Crippen LogP contribution in [0.25, 0.3) is 5.52 Å². The summed E-state index contributed by atoms with van der Waals surface area (Å²) in [6.45, 7) is 0.527. The molecule has 6 heteroatoms. The van der Waals surface area contributed by atoms with Crippen molar-refractivity contribution in [2.24, 2.45) is 0 Å². The smallest absolute Gasteiger partial charge is 0.272 e. The van der Waals surface area contributed by atoms with E-state index in [4.69, 9.17) is 9.47 Å². The van der Waals surface area contributed by atoms with Crippen LogP contribution in [0.5, 0.6) is 11.5 Å². The average molecular weight is 365 g/mol. The van der Waals surface area contributed by atoms with E-state index in [0.717, 1.165) is 29.7 Å². The van der Waals surface area contributed by atoms with Gasteiger partial charge in [-0.2, -0.15) is 0 Å². The maximum Gasteiger partial charge on any atom is 0.272 e. The van der Waals surface area contributed by atoms with Crippen LogP contribution in [0.1, 0.15) is 40.6 Å². The molecule has 140 valence electrons. The van der Waals surface area contributed by atoms with Crippen molar-refractivity contribution in [1.82, 2.24) is 14.7 Å². The Labute approximate surface area is 158 Å². The summed E-state index contributed by atoms with van der Waals surface area (Å²) in [6, 6.07) is 11.6. The first-order valence-corrected chi connectivity index (χ1v) is 9.17. The number of ether oxygens (including phenoxy) is 2. The largest absolute Gasteiger partial charge is 0.493 e. The fourth-order valence-corrected chi connectivity index (χ4v) is 3.30. The highest BCUT2D eigenvalue weighted by Crippen LogP contribution is 2.40. The second-order valence-electron chi connectivity index (χ2n) is 6.74. The number of hydrogen-bond acceptors (Lipinski definition) is 4. The first kappa shape index (κ1) is 17.4. The molecule has 0 bridgehead atoms. The molecule has 0 radical (unpaired) electrons. The van der Waals surface area contributed by atoms with E-state index in [-0.39, 0.29) is 5.91 Å². The van der Waals surface area contributed by atoms with E-state index in [1.807, 2.05) is 47.0 Å². The van der Waals surface area contributed by atoms with Crippen LogP contribution < -0.4 is 14.8 Å². The number of methoxy groups -OCH3 is 2. The van der Waals surface area contributed by atoms with Crippen LogP contribution in [0.15, 0.2) is 42.6 Å². The number of nitrogens with one attached hydrogen (secondary N) is 1. The van der Waals surface area contributed by atoms with Crippen molar-refractivity contribution in [3.63, 3.8) is 0 Å². The first-order chi connectivity index (χ1) is 13.2. The molecule has 0 aliphatic heterocycles. The molecule has 2 aromatic heterocycles. The maximum atomic E-state index is 12.7. The molecule has 3 aromatic rings. The highest BCUT2D eigenvalue weighted by Gasteiger charge is 2.30. The Hall–Kier alpha value is -3.02. The van der Waals surface area contributed by atoms with Crippen LogP contribution in [0.2, 0.25) is 0 Å². The van der Waals surface area contributed by atoms with Gasteiger partial charge in [-0.1, -0.05) is 12.1 Å². The van der Waals surface area contributed by atoms with Gasteiger partial charge >= 0.3 is 0 Å². The zero-order valence-corrected chi connectivity index (χ0v) is 15.6. The monoisotopic (exact) mass is 365 g/mol. The average Bonchev–Trinajstić information content (AvgIpc) is 3.47. The van der Waals surface area contributed by atoms with Crippen LogP contribution in [-0.2, 0) is 6.42 Å². The van der Waals surface area contributed by atoms with Crippen LogP contribution >= 0.6 is 0 Å². The summed E-state index contributed by atoms with van der Waals surface area (Å²) < 4.78 is 12.6. The molecule has 1 amide bonds. The number of carbonyl (C=O) groups is 1. The zero-order chi connectivity index (χ0) is 18.8. The standard InChI is InChI=1S/C21H23N3O3/c1-26-17-9-6-14(13-18(17)27-2)10-11-22-21(25)19-16-5-3-4-12-24(16)20(23-19)15-7-8-15/h3-6,9,12-13,15H,7-8,10-11H2,1-2H3,(H,22,25). The van der Waals surface area contributed by atoms with Crippen LogP contribution in [0.3, 0.4) is 0 Å². The number of aromatic nitrogens is 2. The maximum absolute atomic E-state index is 12.7. The molecule has 4 rings (SSSR count). The first-order valence-electron chi connectivity index (χ1n) is 9.17. The number of fused-ring (bicyclic) bond motifs is 1. The molecule has 0 unspecified atom stereocenters. The van der Waals surface area contributed by atoms with Gasteiger partial charge in [0.2, 0.25) is 0 Å². The quantitative estimate of drug-likeness (QED) is 0.698. The van der Waals surface area contributed by atoms with Gasteiger partial charge in [0.25, 0.3) is 5.91 Å². The third kappa shape index (κ3) is 3.47. The lowest BCUT2D eigenvalue weighted by Gasteiger charge is -2.10. The predicted octanol–water partition coefficient (Wildman–Crippen LogP) is 3.20. The van der Waals surface area contributed by atoms with Crippen molar-refractivity contribution in [1.29, 1.82) is 0 Å². The minimum Gasteiger partial charge on any atom is -0.493 e. The third-order valence-electron chi connectivity index (χ3n) is 4.88. The van der Waals surface area contributed by atoms with Crippen molar-refractivity contribution in [2.45, 2.75) is 25.2 Å². The summed E-state index contributed by atoms with van der Waals surface area (Å²) in [4.78, 5) is 17.3. The van der Waals surface area contributed by atoms with E-state index in [1.165, 1.54) is 0 Å². The molecule has 6 nitrogen and oxygen atoms in total. The minimum absolute atomic E-state index is 0.133. The van der Waals surface area contributed by atoms with Crippen molar-refractivity contribution in [3.8, 4) is 11.5 Å². The Morgan fingerprint density at radius 2 is 2.00 bits per heavy atom. The lowest BCUT2D eigenvalue weighted by Crippen LogP contribution is -2.26. The number of nitrogens with zero attached hydrogens (tertiary/aromatic N) is 2. The van der Waals surface area contributed by atoms with Crippen LogP contribution in [0, 0.1) is 0 Å². The Kier molecular flexibility index (Phi) is 4.71. The molecule has 1 aromatic carbocycles. The molecule has 1 fully saturated rings. The molecule has 0 saturated heterocycles. The molecule has 1 saturated carbocycles. The molecule has 1 aliphatic carbocycles. The van der Waals surface area contributed by atoms with E-state index in [9.17, 15) is 4.79 Å². The van der Waals surface area contributed by atoms with Gasteiger partial charge in [0.05, 0.1) is 19.7 Å². The highest BCUT2D eigenvalue weighted by molar-refractivity contribution is 5.99. The van der Waals surface area contributed by atoms with E-state index >= 15 is 0 Å². The number of amides is 1. The number of benzene rings is 1. The van der Waals surface area contributed by atoms with Crippen molar-refractivity contribution in [2.75, 3.05) is 20.8 Å². The van der Waals surface area contributed by atoms with Gasteiger partial charge in [-0.25, -0.2) is 4.98 Å². The third-order valence-corrected chi connectivity index (χ3v) is 4.88. The molecule has 1 aliphatic rings. The normalized spacial score (nSPS) is 13.6. The summed E-state index contributed by atoms with van der Waals surface area (Å²) >= 11 is 0. The van der Waals surface area contributed by atoms with Crippen molar-refractivity contribution in [3.05, 3.63) is 59.7 Å². The highest BCUT2D eigenvalue weighted by atomic mass is 16.5. The minimum atomic E-state index is -0.133. The van der Waals surface area contributed by atoms with Crippen molar-refractivity contribution >= 4 is 11.4 Å². The van der Waals surface area contributed by atoms with Gasteiger partial charge in [0, 0.05) is 18.7 Å². The molecule has 0 spiro atoms. The molecule has 0 atom stereocenters. The van der Waals surface area contributed by atoms with E-state index in [2.05, 4.69) is 10.3 Å². The van der Waals surface area contributed by atoms with Gasteiger partial charge in [0.15, 0.2) is 17.2 Å². The lowest BCUT2D eigenvalue weighted by atomic mass is 10.1. The van der Waals surface area contributed by atoms with Crippen molar-refractivity contribution < 1.29 is 14.3 Å². The van der Waals surface area contributed by atoms with Gasteiger partial charge in [0.1, 0.15) is 5.82 Å². The van der Waals surface area contributed by atoms with Gasteiger partial charge in [-0.15, -0.1) is 0 Å². The van der Waals surface area contributed by atoms with E-state index < -0.39 is 0 Å². The predicted molar refractivity (Wildman–Crippen MR) is 103 cm³/mol. The fourth-order valence-electron chi connectivity index (χ4n) is 3.30. The summed E-state index contributed by atoms with van der Waals surface area (Å²) in [5.74, 6) is 2.73. The Morgan fingerprint density at radius 3 is 2.74 bits per heavy atom. The summed E-state index contributed by atoms with van der Waals surface area (Å²) in [5, 5.41) is 2.99. The number of carbonyl (C=O) groups excluding carboxylic acids is 1. The summed E-state index contributed by atoms with van der Waals surface area (Å²) in [7, 11) is 3.23. The lowest BCUT2D eigenvalue weighted by molar-refractivity contribution is 0.0951. The Bertz CT molecular complexity index is 976. The molecule has 1 N–H and O–H groups in total. The number of pyridine rings is 1. The Balaban J connectivity index is 1.45. The fraction of sp³-hybridized carbons (Fsp3) is 0.333. The van der Waals surface area contributed by atoms with E-state index in [1.54, 1.807) is 14.2 Å². The summed E-state index contributed by atoms with van der Waals surface area (Å²) in [5.41, 5.74) is 2.44. The SMILES string of the molecule is COc1ccc(CCNC(=O)c2nc(C3CC3)n3ccccc23)cc1OC. The number of imidazole rings is 1. The van der Waals surface area contributed by atoms with Gasteiger partial charge in [-0.3, -0.25) is 4.79 Å². The van der Waals surface area contributed by atoms with Crippen LogP contribution in [0.4, 0.5) is 0 Å². The molecular formula is C21H23N3O3. The van der Waals surface area contributed by atoms with E-state index in [0.29, 0.717) is 36.1 Å². The molecule has 27 heavy (non-hydrogen) atoms. The second-order valence-corrected chi connectivity index (χ2v) is 6.74. The molecular weight excluding hydrogens is 342 g/mol. The molecule has 2 heterocycles. The Morgan fingerprint density at radius 1 is 1.19 bits per heavy atom. The van der Waals surface area contributed by atoms with Crippen LogP contribution in [-0.4, -0.2) is 36.1 Å². The number of rotatable bonds is 7. The zero-order valence-electron chi connectivity index (χ0n) is 15.6. The van der Waals surface area contributed by atoms with Gasteiger partial charge < -0.3 is 19.2 Å². The van der Waals surface area contributed by atoms with Gasteiger partial charge in [-0.05, 0) is 49.1 Å². The second kappa shape index (κ2) is 7.31. The topological polar surface area (TPSA) is 64.9 Å². The number of hydrogen-bond donors (Lipinski definition) is 1. The summed E-state index contributed by atoms with van der Waals surface area (Å²) in [6.07, 6.45) is 4.98.